The number of aromatic nitrogens is 1. The minimum absolute atomic E-state index is 0.252. The van der Waals surface area contributed by atoms with Gasteiger partial charge in [-0.1, -0.05) is 0 Å². The number of amides is 1. The third-order valence-corrected chi connectivity index (χ3v) is 3.28. The molecule has 0 aliphatic carbocycles. The molecule has 1 saturated heterocycles. The summed E-state index contributed by atoms with van der Waals surface area (Å²) in [5.41, 5.74) is 11.4. The zero-order valence-corrected chi connectivity index (χ0v) is 10.3. The van der Waals surface area contributed by atoms with Gasteiger partial charge in [0.15, 0.2) is 0 Å². The van der Waals surface area contributed by atoms with Crippen LogP contribution in [0, 0.1) is 5.92 Å². The maximum Gasteiger partial charge on any atom is 0.250 e. The van der Waals surface area contributed by atoms with Crippen molar-refractivity contribution in [3.63, 3.8) is 0 Å². The van der Waals surface area contributed by atoms with Gasteiger partial charge >= 0.3 is 0 Å². The van der Waals surface area contributed by atoms with Gasteiger partial charge in [0.2, 0.25) is 0 Å². The Morgan fingerprint density at radius 3 is 3.06 bits per heavy atom. The molecule has 2 heterocycles. The van der Waals surface area contributed by atoms with Gasteiger partial charge in [-0.3, -0.25) is 4.79 Å². The van der Waals surface area contributed by atoms with E-state index in [1.807, 2.05) is 0 Å². The number of nitrogens with zero attached hydrogens (tertiary/aromatic N) is 1. The quantitative estimate of drug-likeness (QED) is 0.726. The highest BCUT2D eigenvalue weighted by atomic mass is 16.5. The number of hydrogen-bond acceptors (Lipinski definition) is 5. The molecular weight excluding hydrogens is 232 g/mol. The molecule has 2 unspecified atom stereocenters. The smallest absolute Gasteiger partial charge is 0.250 e. The number of pyridine rings is 1. The summed E-state index contributed by atoms with van der Waals surface area (Å²) in [6, 6.07) is 1.58. The van der Waals surface area contributed by atoms with Gasteiger partial charge in [0.25, 0.3) is 5.91 Å². The third-order valence-electron chi connectivity index (χ3n) is 3.28. The molecule has 0 spiro atoms. The number of ether oxygens (including phenoxy) is 1. The summed E-state index contributed by atoms with van der Waals surface area (Å²) in [7, 11) is 0. The van der Waals surface area contributed by atoms with Crippen molar-refractivity contribution >= 4 is 17.4 Å². The molecule has 2 atom stereocenters. The van der Waals surface area contributed by atoms with Crippen molar-refractivity contribution in [3.8, 4) is 0 Å². The SMILES string of the molecule is CC1OCCC1CNc1cc(C(N)=O)c(N)cn1. The number of nitrogens with two attached hydrogens (primary N) is 2. The van der Waals surface area contributed by atoms with Crippen molar-refractivity contribution < 1.29 is 9.53 Å². The molecule has 6 heteroatoms. The number of hydrogen-bond donors (Lipinski definition) is 3. The van der Waals surface area contributed by atoms with E-state index in [1.165, 1.54) is 6.20 Å². The summed E-state index contributed by atoms with van der Waals surface area (Å²) in [6.07, 6.45) is 2.73. The van der Waals surface area contributed by atoms with Gasteiger partial charge in [0, 0.05) is 19.1 Å². The molecule has 0 saturated carbocycles. The Balaban J connectivity index is 2.01. The van der Waals surface area contributed by atoms with Crippen LogP contribution in [-0.2, 0) is 4.74 Å². The second kappa shape index (κ2) is 5.22. The molecule has 2 rings (SSSR count). The van der Waals surface area contributed by atoms with Crippen molar-refractivity contribution in [2.75, 3.05) is 24.2 Å². The van der Waals surface area contributed by atoms with Crippen LogP contribution in [0.5, 0.6) is 0 Å². The number of rotatable bonds is 4. The molecule has 0 bridgehead atoms. The van der Waals surface area contributed by atoms with Crippen molar-refractivity contribution in [1.29, 1.82) is 0 Å². The second-order valence-electron chi connectivity index (χ2n) is 4.53. The van der Waals surface area contributed by atoms with E-state index in [0.29, 0.717) is 23.0 Å². The standard InChI is InChI=1S/C12H18N4O2/c1-7-8(2-3-18-7)5-15-11-4-9(12(14)17)10(13)6-16-11/h4,6-8H,2-3,5,13H2,1H3,(H2,14,17)(H,15,16). The Bertz CT molecular complexity index is 450. The van der Waals surface area contributed by atoms with Crippen molar-refractivity contribution in [2.24, 2.45) is 11.7 Å². The molecule has 98 valence electrons. The number of nitrogen functional groups attached to an aromatic ring is 1. The lowest BCUT2D eigenvalue weighted by atomic mass is 10.0. The monoisotopic (exact) mass is 250 g/mol. The highest BCUT2D eigenvalue weighted by molar-refractivity contribution is 5.98. The van der Waals surface area contributed by atoms with Crippen LogP contribution in [0.15, 0.2) is 12.3 Å². The van der Waals surface area contributed by atoms with E-state index in [9.17, 15) is 4.79 Å². The minimum atomic E-state index is -0.546. The number of primary amides is 1. The van der Waals surface area contributed by atoms with E-state index in [2.05, 4.69) is 17.2 Å². The van der Waals surface area contributed by atoms with Crippen molar-refractivity contribution in [1.82, 2.24) is 4.98 Å². The Morgan fingerprint density at radius 1 is 1.67 bits per heavy atom. The predicted molar refractivity (Wildman–Crippen MR) is 69.2 cm³/mol. The Labute approximate surface area is 106 Å². The normalized spacial score (nSPS) is 22.9. The molecule has 5 N–H and O–H groups in total. The maximum atomic E-state index is 11.2. The second-order valence-corrected chi connectivity index (χ2v) is 4.53. The lowest BCUT2D eigenvalue weighted by Crippen LogP contribution is -2.21. The Hall–Kier alpha value is -1.82. The fraction of sp³-hybridized carbons (Fsp3) is 0.500. The molecule has 1 aliphatic rings. The maximum absolute atomic E-state index is 11.2. The minimum Gasteiger partial charge on any atom is -0.397 e. The van der Waals surface area contributed by atoms with E-state index in [4.69, 9.17) is 16.2 Å². The molecule has 6 nitrogen and oxygen atoms in total. The molecule has 1 aliphatic heterocycles. The molecule has 1 fully saturated rings. The van der Waals surface area contributed by atoms with Gasteiger partial charge in [-0.2, -0.15) is 0 Å². The van der Waals surface area contributed by atoms with Crippen LogP contribution in [0.25, 0.3) is 0 Å². The molecule has 1 aromatic heterocycles. The molecule has 1 amide bonds. The number of carbonyl (C=O) groups is 1. The van der Waals surface area contributed by atoms with E-state index < -0.39 is 5.91 Å². The van der Waals surface area contributed by atoms with Crippen LogP contribution in [0.3, 0.4) is 0 Å². The number of nitrogens with one attached hydrogen (secondary N) is 1. The van der Waals surface area contributed by atoms with E-state index >= 15 is 0 Å². The third kappa shape index (κ3) is 2.70. The Morgan fingerprint density at radius 2 is 2.44 bits per heavy atom. The van der Waals surface area contributed by atoms with E-state index in [-0.39, 0.29) is 6.10 Å². The fourth-order valence-electron chi connectivity index (χ4n) is 2.06. The molecular formula is C12H18N4O2. The summed E-state index contributed by atoms with van der Waals surface area (Å²) in [4.78, 5) is 15.3. The summed E-state index contributed by atoms with van der Waals surface area (Å²) in [6.45, 7) is 3.62. The van der Waals surface area contributed by atoms with Crippen LogP contribution >= 0.6 is 0 Å². The topological polar surface area (TPSA) is 103 Å². The molecule has 18 heavy (non-hydrogen) atoms. The first-order valence-corrected chi connectivity index (χ1v) is 5.98. The highest BCUT2D eigenvalue weighted by Crippen LogP contribution is 2.21. The first-order valence-electron chi connectivity index (χ1n) is 5.98. The average Bonchev–Trinajstić information content (AvgIpc) is 2.73. The zero-order chi connectivity index (χ0) is 13.1. The fourth-order valence-corrected chi connectivity index (χ4v) is 2.06. The van der Waals surface area contributed by atoms with Gasteiger partial charge in [-0.25, -0.2) is 4.98 Å². The predicted octanol–water partition coefficient (Wildman–Crippen LogP) is 0.600. The summed E-state index contributed by atoms with van der Waals surface area (Å²) in [5.74, 6) is 0.522. The van der Waals surface area contributed by atoms with Crippen LogP contribution in [0.4, 0.5) is 11.5 Å². The largest absolute Gasteiger partial charge is 0.397 e. The number of anilines is 2. The van der Waals surface area contributed by atoms with Gasteiger partial charge in [-0.15, -0.1) is 0 Å². The first-order chi connectivity index (χ1) is 8.58. The summed E-state index contributed by atoms with van der Waals surface area (Å²) >= 11 is 0. The Kier molecular flexibility index (Phi) is 3.66. The zero-order valence-electron chi connectivity index (χ0n) is 10.3. The lowest BCUT2D eigenvalue weighted by molar-refractivity contribution is 0.100. The van der Waals surface area contributed by atoms with Gasteiger partial charge in [0.1, 0.15) is 5.82 Å². The van der Waals surface area contributed by atoms with Crippen LogP contribution in [0.2, 0.25) is 0 Å². The molecule has 0 radical (unpaired) electrons. The summed E-state index contributed by atoms with van der Waals surface area (Å²) < 4.78 is 5.48. The van der Waals surface area contributed by atoms with Crippen molar-refractivity contribution in [3.05, 3.63) is 17.8 Å². The van der Waals surface area contributed by atoms with Gasteiger partial charge < -0.3 is 21.5 Å². The summed E-state index contributed by atoms with van der Waals surface area (Å²) in [5, 5.41) is 3.19. The van der Waals surface area contributed by atoms with Crippen LogP contribution in [0.1, 0.15) is 23.7 Å². The van der Waals surface area contributed by atoms with Crippen LogP contribution in [-0.4, -0.2) is 30.1 Å². The molecule has 0 aromatic carbocycles. The van der Waals surface area contributed by atoms with E-state index in [1.54, 1.807) is 6.07 Å². The number of carbonyl (C=O) groups excluding carboxylic acids is 1. The lowest BCUT2D eigenvalue weighted by Gasteiger charge is -2.15. The molecule has 1 aromatic rings. The highest BCUT2D eigenvalue weighted by Gasteiger charge is 2.23. The average molecular weight is 250 g/mol. The van der Waals surface area contributed by atoms with Gasteiger partial charge in [0.05, 0.1) is 23.6 Å². The van der Waals surface area contributed by atoms with E-state index in [0.717, 1.165) is 19.6 Å². The van der Waals surface area contributed by atoms with Gasteiger partial charge in [-0.05, 0) is 19.4 Å². The van der Waals surface area contributed by atoms with Crippen LogP contribution < -0.4 is 16.8 Å². The first kappa shape index (κ1) is 12.6. The van der Waals surface area contributed by atoms with Crippen molar-refractivity contribution in [2.45, 2.75) is 19.4 Å².